The van der Waals surface area contributed by atoms with E-state index < -0.39 is 0 Å². The highest BCUT2D eigenvalue weighted by Gasteiger charge is 2.15. The average Bonchev–Trinajstić information content (AvgIpc) is 2.47. The summed E-state index contributed by atoms with van der Waals surface area (Å²) >= 11 is 0. The van der Waals surface area contributed by atoms with Crippen LogP contribution in [0.3, 0.4) is 0 Å². The van der Waals surface area contributed by atoms with Crippen molar-refractivity contribution in [1.29, 1.82) is 0 Å². The van der Waals surface area contributed by atoms with Crippen LogP contribution in [0, 0.1) is 0 Å². The summed E-state index contributed by atoms with van der Waals surface area (Å²) in [6.07, 6.45) is 1.81. The Morgan fingerprint density at radius 3 is 2.71 bits per heavy atom. The lowest BCUT2D eigenvalue weighted by atomic mass is 10.2. The zero-order valence-corrected chi connectivity index (χ0v) is 13.4. The minimum Gasteiger partial charge on any atom is -0.354 e. The van der Waals surface area contributed by atoms with E-state index in [-0.39, 0.29) is 18.3 Å². The summed E-state index contributed by atoms with van der Waals surface area (Å²) in [6.45, 7) is 5.01. The van der Waals surface area contributed by atoms with Crippen LogP contribution in [0.4, 0.5) is 5.82 Å². The maximum absolute atomic E-state index is 11.4. The van der Waals surface area contributed by atoms with E-state index >= 15 is 0 Å². The Morgan fingerprint density at radius 1 is 1.33 bits per heavy atom. The number of nitrogens with one attached hydrogen (secondary N) is 2. The number of hydrogen-bond donors (Lipinski definition) is 2. The normalized spacial score (nSPS) is 15.4. The third-order valence-corrected chi connectivity index (χ3v) is 3.46. The number of pyridine rings is 1. The second-order valence-electron chi connectivity index (χ2n) is 5.12. The minimum atomic E-state index is 0. The molecule has 2 rings (SSSR count). The number of piperazine rings is 1. The van der Waals surface area contributed by atoms with Crippen molar-refractivity contribution in [3.05, 3.63) is 23.9 Å². The molecular formula is C14H24ClN5O. The number of amides is 1. The van der Waals surface area contributed by atoms with Crippen molar-refractivity contribution in [3.63, 3.8) is 0 Å². The summed E-state index contributed by atoms with van der Waals surface area (Å²) in [5.41, 5.74) is 1.08. The Balaban J connectivity index is 0.00000220. The molecule has 0 aromatic carbocycles. The van der Waals surface area contributed by atoms with E-state index in [9.17, 15) is 4.79 Å². The Hall–Kier alpha value is -1.37. The SMILES string of the molecule is CNCC(=O)NCc1ccnc(N2CCN(C)CC2)c1.Cl. The van der Waals surface area contributed by atoms with Gasteiger partial charge in [-0.2, -0.15) is 0 Å². The quantitative estimate of drug-likeness (QED) is 0.807. The lowest BCUT2D eigenvalue weighted by Gasteiger charge is -2.33. The van der Waals surface area contributed by atoms with Gasteiger partial charge in [-0.25, -0.2) is 4.98 Å². The molecule has 0 spiro atoms. The predicted molar refractivity (Wildman–Crippen MR) is 87.0 cm³/mol. The number of carbonyl (C=O) groups is 1. The number of nitrogens with zero attached hydrogens (tertiary/aromatic N) is 3. The van der Waals surface area contributed by atoms with Crippen LogP contribution in [0.2, 0.25) is 0 Å². The van der Waals surface area contributed by atoms with Gasteiger partial charge in [-0.15, -0.1) is 12.4 Å². The number of aromatic nitrogens is 1. The van der Waals surface area contributed by atoms with Crippen molar-refractivity contribution >= 4 is 24.1 Å². The number of rotatable bonds is 5. The first-order valence-corrected chi connectivity index (χ1v) is 6.99. The largest absolute Gasteiger partial charge is 0.354 e. The summed E-state index contributed by atoms with van der Waals surface area (Å²) in [5.74, 6) is 1.00. The fraction of sp³-hybridized carbons (Fsp3) is 0.571. The van der Waals surface area contributed by atoms with Crippen LogP contribution in [0.15, 0.2) is 18.3 Å². The molecular weight excluding hydrogens is 290 g/mol. The van der Waals surface area contributed by atoms with Crippen LogP contribution < -0.4 is 15.5 Å². The molecule has 1 aliphatic rings. The highest BCUT2D eigenvalue weighted by molar-refractivity contribution is 5.85. The van der Waals surface area contributed by atoms with Gasteiger partial charge in [0.2, 0.25) is 5.91 Å². The number of hydrogen-bond acceptors (Lipinski definition) is 5. The predicted octanol–water partition coefficient (Wildman–Crippen LogP) is 0.0908. The molecule has 1 aromatic heterocycles. The minimum absolute atomic E-state index is 0. The molecule has 21 heavy (non-hydrogen) atoms. The van der Waals surface area contributed by atoms with Gasteiger partial charge in [0.1, 0.15) is 5.82 Å². The van der Waals surface area contributed by atoms with Gasteiger partial charge in [-0.3, -0.25) is 4.79 Å². The summed E-state index contributed by atoms with van der Waals surface area (Å²) < 4.78 is 0. The Kier molecular flexibility index (Phi) is 7.42. The molecule has 118 valence electrons. The summed E-state index contributed by atoms with van der Waals surface area (Å²) in [7, 11) is 3.90. The van der Waals surface area contributed by atoms with E-state index in [1.807, 2.05) is 12.3 Å². The molecule has 1 aliphatic heterocycles. The molecule has 1 amide bonds. The van der Waals surface area contributed by atoms with Crippen LogP contribution in [0.1, 0.15) is 5.56 Å². The van der Waals surface area contributed by atoms with E-state index in [2.05, 4.69) is 38.5 Å². The van der Waals surface area contributed by atoms with Gasteiger partial charge in [-0.1, -0.05) is 0 Å². The Morgan fingerprint density at radius 2 is 2.05 bits per heavy atom. The molecule has 1 aromatic rings. The van der Waals surface area contributed by atoms with Gasteiger partial charge in [0.15, 0.2) is 0 Å². The van der Waals surface area contributed by atoms with E-state index in [0.717, 1.165) is 37.6 Å². The molecule has 2 N–H and O–H groups in total. The monoisotopic (exact) mass is 313 g/mol. The number of likely N-dealkylation sites (N-methyl/N-ethyl adjacent to an activating group) is 2. The zero-order chi connectivity index (χ0) is 14.4. The molecule has 2 heterocycles. The van der Waals surface area contributed by atoms with Crippen LogP contribution in [-0.4, -0.2) is 62.6 Å². The smallest absolute Gasteiger partial charge is 0.234 e. The second kappa shape index (κ2) is 8.81. The maximum atomic E-state index is 11.4. The molecule has 0 bridgehead atoms. The Bertz CT molecular complexity index is 449. The van der Waals surface area contributed by atoms with E-state index in [4.69, 9.17) is 0 Å². The van der Waals surface area contributed by atoms with Gasteiger partial charge in [0.05, 0.1) is 6.54 Å². The van der Waals surface area contributed by atoms with Gasteiger partial charge < -0.3 is 20.4 Å². The van der Waals surface area contributed by atoms with Crippen LogP contribution >= 0.6 is 12.4 Å². The lowest BCUT2D eigenvalue weighted by molar-refractivity contribution is -0.120. The van der Waals surface area contributed by atoms with Crippen molar-refractivity contribution in [2.75, 3.05) is 51.7 Å². The number of halogens is 1. The van der Waals surface area contributed by atoms with Crippen molar-refractivity contribution in [1.82, 2.24) is 20.5 Å². The van der Waals surface area contributed by atoms with Crippen molar-refractivity contribution in [2.24, 2.45) is 0 Å². The van der Waals surface area contributed by atoms with Gasteiger partial charge in [0.25, 0.3) is 0 Å². The van der Waals surface area contributed by atoms with Gasteiger partial charge >= 0.3 is 0 Å². The molecule has 0 atom stereocenters. The second-order valence-corrected chi connectivity index (χ2v) is 5.12. The van der Waals surface area contributed by atoms with Crippen LogP contribution in [-0.2, 0) is 11.3 Å². The third kappa shape index (κ3) is 5.49. The maximum Gasteiger partial charge on any atom is 0.234 e. The molecule has 0 radical (unpaired) electrons. The molecule has 0 aliphatic carbocycles. The van der Waals surface area contributed by atoms with Crippen molar-refractivity contribution < 1.29 is 4.79 Å². The fourth-order valence-electron chi connectivity index (χ4n) is 2.20. The fourth-order valence-corrected chi connectivity index (χ4v) is 2.20. The number of anilines is 1. The van der Waals surface area contributed by atoms with E-state index in [1.54, 1.807) is 7.05 Å². The topological polar surface area (TPSA) is 60.5 Å². The first kappa shape index (κ1) is 17.7. The first-order valence-electron chi connectivity index (χ1n) is 6.99. The lowest BCUT2D eigenvalue weighted by Crippen LogP contribution is -2.44. The highest BCUT2D eigenvalue weighted by atomic mass is 35.5. The summed E-state index contributed by atoms with van der Waals surface area (Å²) in [6, 6.07) is 4.00. The average molecular weight is 314 g/mol. The summed E-state index contributed by atoms with van der Waals surface area (Å²) in [4.78, 5) is 20.5. The van der Waals surface area contributed by atoms with Crippen LogP contribution in [0.5, 0.6) is 0 Å². The molecule has 0 unspecified atom stereocenters. The standard InChI is InChI=1S/C14H23N5O.ClH/c1-15-11-14(20)17-10-12-3-4-16-13(9-12)19-7-5-18(2)6-8-19;/h3-4,9,15H,5-8,10-11H2,1-2H3,(H,17,20);1H. The van der Waals surface area contributed by atoms with E-state index in [0.29, 0.717) is 13.1 Å². The third-order valence-electron chi connectivity index (χ3n) is 3.46. The molecule has 6 nitrogen and oxygen atoms in total. The summed E-state index contributed by atoms with van der Waals surface area (Å²) in [5, 5.41) is 5.71. The van der Waals surface area contributed by atoms with Crippen molar-refractivity contribution in [2.45, 2.75) is 6.54 Å². The Labute approximate surface area is 132 Å². The first-order chi connectivity index (χ1) is 9.69. The van der Waals surface area contributed by atoms with E-state index in [1.165, 1.54) is 0 Å². The molecule has 7 heteroatoms. The van der Waals surface area contributed by atoms with Crippen molar-refractivity contribution in [3.8, 4) is 0 Å². The van der Waals surface area contributed by atoms with Gasteiger partial charge in [-0.05, 0) is 31.8 Å². The van der Waals surface area contributed by atoms with Gasteiger partial charge in [0, 0.05) is 38.9 Å². The molecule has 1 fully saturated rings. The zero-order valence-electron chi connectivity index (χ0n) is 12.6. The highest BCUT2D eigenvalue weighted by Crippen LogP contribution is 2.14. The number of carbonyl (C=O) groups excluding carboxylic acids is 1. The molecule has 1 saturated heterocycles. The van der Waals surface area contributed by atoms with Crippen LogP contribution in [0.25, 0.3) is 0 Å². The molecule has 0 saturated carbocycles.